The van der Waals surface area contributed by atoms with Crippen LogP contribution in [-0.2, 0) is 0 Å². The first-order valence-electron chi connectivity index (χ1n) is 7.81. The molecule has 0 unspecified atom stereocenters. The van der Waals surface area contributed by atoms with Gasteiger partial charge >= 0.3 is 0 Å². The highest BCUT2D eigenvalue weighted by atomic mass is 35.5. The minimum absolute atomic E-state index is 0.0806. The molecule has 0 aromatic heterocycles. The molecule has 1 aliphatic rings. The third-order valence-corrected chi connectivity index (χ3v) is 4.52. The Labute approximate surface area is 154 Å². The van der Waals surface area contributed by atoms with E-state index in [1.54, 1.807) is 48.5 Å². The Hall–Kier alpha value is -3.31. The van der Waals surface area contributed by atoms with Gasteiger partial charge in [0, 0.05) is 27.9 Å². The van der Waals surface area contributed by atoms with E-state index in [-0.39, 0.29) is 39.8 Å². The van der Waals surface area contributed by atoms with Gasteiger partial charge in [-0.15, -0.1) is 0 Å². The van der Waals surface area contributed by atoms with Gasteiger partial charge in [0.25, 0.3) is 0 Å². The number of carbonyl (C=O) groups is 2. The van der Waals surface area contributed by atoms with Crippen molar-refractivity contribution in [2.24, 2.45) is 0 Å². The van der Waals surface area contributed by atoms with Crippen LogP contribution in [0.1, 0.15) is 31.8 Å². The average molecular weight is 365 g/mol. The topological polar surface area (TPSA) is 95.4 Å². The minimum Gasteiger partial charge on any atom is -0.455 e. The Kier molecular flexibility index (Phi) is 3.67. The molecule has 0 fully saturated rings. The first-order valence-corrected chi connectivity index (χ1v) is 8.19. The second kappa shape index (κ2) is 5.89. The third kappa shape index (κ3) is 2.41. The zero-order valence-corrected chi connectivity index (χ0v) is 14.2. The summed E-state index contributed by atoms with van der Waals surface area (Å²) < 4.78 is 5.76. The zero-order valence-electron chi connectivity index (χ0n) is 13.5. The number of nitrogen functional groups attached to an aromatic ring is 2. The standard InChI is InChI=1S/C20H13ClN2O3/c21-10-5-7-11(8-6-10)26-15-9-14(22)16-17(18(15)23)20(25)13-4-2-1-3-12(13)19(16)24/h1-9H,22-23H2. The SMILES string of the molecule is Nc1cc(Oc2ccc(Cl)cc2)c(N)c2c1C(=O)c1ccccc1C2=O. The van der Waals surface area contributed by atoms with Crippen molar-refractivity contribution in [1.82, 2.24) is 0 Å². The molecule has 0 heterocycles. The number of halogens is 1. The predicted molar refractivity (Wildman–Crippen MR) is 100 cm³/mol. The number of fused-ring (bicyclic) bond motifs is 2. The quantitative estimate of drug-likeness (QED) is 0.523. The summed E-state index contributed by atoms with van der Waals surface area (Å²) in [4.78, 5) is 25.7. The number of ketones is 2. The molecule has 26 heavy (non-hydrogen) atoms. The van der Waals surface area contributed by atoms with Gasteiger partial charge in [-0.3, -0.25) is 9.59 Å². The monoisotopic (exact) mass is 364 g/mol. The lowest BCUT2D eigenvalue weighted by molar-refractivity contribution is 0.0980. The van der Waals surface area contributed by atoms with Crippen LogP contribution < -0.4 is 16.2 Å². The molecule has 0 radical (unpaired) electrons. The highest BCUT2D eigenvalue weighted by Crippen LogP contribution is 2.41. The summed E-state index contributed by atoms with van der Waals surface area (Å²) in [6.45, 7) is 0. The molecule has 0 spiro atoms. The molecule has 5 nitrogen and oxygen atoms in total. The van der Waals surface area contributed by atoms with E-state index in [9.17, 15) is 9.59 Å². The molecule has 128 valence electrons. The van der Waals surface area contributed by atoms with E-state index in [0.29, 0.717) is 21.9 Å². The predicted octanol–water partition coefficient (Wildman–Crippen LogP) is 4.07. The fourth-order valence-electron chi connectivity index (χ4n) is 3.04. The number of hydrogen-bond donors (Lipinski definition) is 2. The van der Waals surface area contributed by atoms with E-state index in [0.717, 1.165) is 0 Å². The van der Waals surface area contributed by atoms with Crippen molar-refractivity contribution < 1.29 is 14.3 Å². The normalized spacial score (nSPS) is 12.5. The van der Waals surface area contributed by atoms with Crippen LogP contribution in [0.25, 0.3) is 0 Å². The first-order chi connectivity index (χ1) is 12.5. The highest BCUT2D eigenvalue weighted by molar-refractivity contribution is 6.32. The van der Waals surface area contributed by atoms with Crippen LogP contribution in [0, 0.1) is 0 Å². The lowest BCUT2D eigenvalue weighted by Crippen LogP contribution is -2.24. The van der Waals surface area contributed by atoms with Gasteiger partial charge in [-0.25, -0.2) is 0 Å². The van der Waals surface area contributed by atoms with Crippen molar-refractivity contribution in [2.75, 3.05) is 11.5 Å². The zero-order chi connectivity index (χ0) is 18.4. The fourth-order valence-corrected chi connectivity index (χ4v) is 3.16. The number of hydrogen-bond acceptors (Lipinski definition) is 5. The van der Waals surface area contributed by atoms with Gasteiger partial charge in [-0.05, 0) is 24.3 Å². The smallest absolute Gasteiger partial charge is 0.196 e. The van der Waals surface area contributed by atoms with E-state index in [1.807, 2.05) is 0 Å². The molecular formula is C20H13ClN2O3. The summed E-state index contributed by atoms with van der Waals surface area (Å²) in [5.41, 5.74) is 13.3. The Morgan fingerprint density at radius 1 is 0.808 bits per heavy atom. The van der Waals surface area contributed by atoms with Crippen LogP contribution in [0.3, 0.4) is 0 Å². The Morgan fingerprint density at radius 2 is 1.38 bits per heavy atom. The fraction of sp³-hybridized carbons (Fsp3) is 0. The Bertz CT molecular complexity index is 1080. The van der Waals surface area contributed by atoms with Gasteiger partial charge in [0.15, 0.2) is 17.3 Å². The molecule has 4 rings (SSSR count). The number of nitrogens with two attached hydrogens (primary N) is 2. The molecule has 0 atom stereocenters. The van der Waals surface area contributed by atoms with Crippen molar-refractivity contribution in [3.63, 3.8) is 0 Å². The molecule has 0 saturated heterocycles. The Morgan fingerprint density at radius 3 is 2.00 bits per heavy atom. The molecule has 6 heteroatoms. The van der Waals surface area contributed by atoms with Crippen LogP contribution in [0.4, 0.5) is 11.4 Å². The number of ether oxygens (including phenoxy) is 1. The van der Waals surface area contributed by atoms with Gasteiger partial charge in [-0.1, -0.05) is 35.9 Å². The molecule has 0 bridgehead atoms. The summed E-state index contributed by atoms with van der Waals surface area (Å²) in [5, 5.41) is 0.563. The lowest BCUT2D eigenvalue weighted by atomic mass is 9.82. The van der Waals surface area contributed by atoms with Crippen LogP contribution in [0.15, 0.2) is 54.6 Å². The summed E-state index contributed by atoms with van der Waals surface area (Å²) in [6.07, 6.45) is 0. The third-order valence-electron chi connectivity index (χ3n) is 4.27. The van der Waals surface area contributed by atoms with E-state index < -0.39 is 0 Å². The molecular weight excluding hydrogens is 352 g/mol. The highest BCUT2D eigenvalue weighted by Gasteiger charge is 2.34. The number of benzene rings is 3. The van der Waals surface area contributed by atoms with E-state index in [1.165, 1.54) is 6.07 Å². The van der Waals surface area contributed by atoms with Crippen molar-refractivity contribution in [3.8, 4) is 11.5 Å². The van der Waals surface area contributed by atoms with Crippen molar-refractivity contribution in [2.45, 2.75) is 0 Å². The number of carbonyl (C=O) groups excluding carboxylic acids is 2. The van der Waals surface area contributed by atoms with Crippen molar-refractivity contribution >= 4 is 34.5 Å². The molecule has 1 aliphatic carbocycles. The molecule has 0 saturated carbocycles. The molecule has 3 aromatic rings. The maximum Gasteiger partial charge on any atom is 0.196 e. The number of anilines is 2. The van der Waals surface area contributed by atoms with Crippen molar-refractivity contribution in [1.29, 1.82) is 0 Å². The second-order valence-electron chi connectivity index (χ2n) is 5.89. The van der Waals surface area contributed by atoms with Crippen molar-refractivity contribution in [3.05, 3.63) is 81.9 Å². The van der Waals surface area contributed by atoms with Gasteiger partial charge in [0.05, 0.1) is 16.8 Å². The summed E-state index contributed by atoms with van der Waals surface area (Å²) in [6, 6.07) is 14.7. The van der Waals surface area contributed by atoms with E-state index in [2.05, 4.69) is 0 Å². The first kappa shape index (κ1) is 16.2. The number of rotatable bonds is 2. The van der Waals surface area contributed by atoms with Crippen LogP contribution in [0.2, 0.25) is 5.02 Å². The Balaban J connectivity index is 1.87. The lowest BCUT2D eigenvalue weighted by Gasteiger charge is -2.22. The molecule has 3 aromatic carbocycles. The minimum atomic E-state index is -0.346. The maximum atomic E-state index is 12.9. The summed E-state index contributed by atoms with van der Waals surface area (Å²) in [5.74, 6) is 0.0259. The van der Waals surface area contributed by atoms with E-state index >= 15 is 0 Å². The van der Waals surface area contributed by atoms with Gasteiger partial charge in [0.1, 0.15) is 5.75 Å². The van der Waals surface area contributed by atoms with E-state index in [4.69, 9.17) is 27.8 Å². The van der Waals surface area contributed by atoms with Crippen LogP contribution in [-0.4, -0.2) is 11.6 Å². The maximum absolute atomic E-state index is 12.9. The summed E-state index contributed by atoms with van der Waals surface area (Å²) >= 11 is 5.87. The van der Waals surface area contributed by atoms with Gasteiger partial charge in [0.2, 0.25) is 0 Å². The summed E-state index contributed by atoms with van der Waals surface area (Å²) in [7, 11) is 0. The molecule has 4 N–H and O–H groups in total. The largest absolute Gasteiger partial charge is 0.455 e. The van der Waals surface area contributed by atoms with Crippen LogP contribution in [0.5, 0.6) is 11.5 Å². The second-order valence-corrected chi connectivity index (χ2v) is 6.32. The van der Waals surface area contributed by atoms with Gasteiger partial charge in [-0.2, -0.15) is 0 Å². The molecule has 0 amide bonds. The molecule has 0 aliphatic heterocycles. The average Bonchev–Trinajstić information content (AvgIpc) is 2.64. The van der Waals surface area contributed by atoms with Crippen LogP contribution >= 0.6 is 11.6 Å². The van der Waals surface area contributed by atoms with Gasteiger partial charge < -0.3 is 16.2 Å².